The molecular weight excluding hydrogens is 164 g/mol. The quantitative estimate of drug-likeness (QED) is 0.658. The molecule has 0 unspecified atom stereocenters. The Hall–Kier alpha value is -1.38. The third-order valence-electron chi connectivity index (χ3n) is 2.43. The zero-order valence-corrected chi connectivity index (χ0v) is 7.66. The fourth-order valence-corrected chi connectivity index (χ4v) is 1.60. The molecule has 1 aromatic heterocycles. The van der Waals surface area contributed by atoms with E-state index in [1.54, 1.807) is 10.8 Å². The number of aryl methyl sites for hydroxylation is 1. The maximum absolute atomic E-state index is 10.9. The summed E-state index contributed by atoms with van der Waals surface area (Å²) in [7, 11) is 1.84. The van der Waals surface area contributed by atoms with E-state index in [4.69, 9.17) is 0 Å². The second kappa shape index (κ2) is 2.83. The number of hydrogen-bond acceptors (Lipinski definition) is 2. The molecule has 0 amide bonds. The summed E-state index contributed by atoms with van der Waals surface area (Å²) in [6.45, 7) is 3.67. The van der Waals surface area contributed by atoms with Crippen molar-refractivity contribution < 1.29 is 4.79 Å². The maximum Gasteiger partial charge on any atom is 0.154 e. The Balaban J connectivity index is 2.55. The number of hydrogen-bond donors (Lipinski definition) is 0. The van der Waals surface area contributed by atoms with Gasteiger partial charge in [-0.15, -0.1) is 0 Å². The first-order valence-electron chi connectivity index (χ1n) is 4.42. The molecule has 0 N–H and O–H groups in total. The Bertz CT molecular complexity index is 361. The second-order valence-corrected chi connectivity index (χ2v) is 3.40. The fraction of sp³-hybridized carbons (Fsp3) is 0.400. The first-order chi connectivity index (χ1) is 6.27. The first-order valence-corrected chi connectivity index (χ1v) is 4.42. The Morgan fingerprint density at radius 3 is 2.77 bits per heavy atom. The van der Waals surface area contributed by atoms with Crippen molar-refractivity contribution in [2.24, 2.45) is 7.05 Å². The molecule has 13 heavy (non-hydrogen) atoms. The molecule has 0 spiro atoms. The van der Waals surface area contributed by atoms with Crippen molar-refractivity contribution in [3.8, 4) is 0 Å². The molecule has 3 nitrogen and oxygen atoms in total. The van der Waals surface area contributed by atoms with E-state index in [2.05, 4.69) is 11.7 Å². The second-order valence-electron chi connectivity index (χ2n) is 3.40. The van der Waals surface area contributed by atoms with E-state index in [-0.39, 0.29) is 0 Å². The van der Waals surface area contributed by atoms with Crippen LogP contribution in [0.3, 0.4) is 0 Å². The predicted octanol–water partition coefficient (Wildman–Crippen LogP) is 1.75. The van der Waals surface area contributed by atoms with Crippen molar-refractivity contribution in [1.29, 1.82) is 0 Å². The summed E-state index contributed by atoms with van der Waals surface area (Å²) in [4.78, 5) is 10.9. The van der Waals surface area contributed by atoms with Gasteiger partial charge in [0.1, 0.15) is 0 Å². The van der Waals surface area contributed by atoms with Crippen molar-refractivity contribution in [1.82, 2.24) is 9.78 Å². The van der Waals surface area contributed by atoms with E-state index in [1.807, 2.05) is 7.05 Å². The Labute approximate surface area is 77.1 Å². The Kier molecular flexibility index (Phi) is 1.79. The molecule has 0 radical (unpaired) electrons. The van der Waals surface area contributed by atoms with Crippen LogP contribution < -0.4 is 0 Å². The van der Waals surface area contributed by atoms with Gasteiger partial charge in [-0.3, -0.25) is 9.48 Å². The molecule has 0 aromatic carbocycles. The van der Waals surface area contributed by atoms with Gasteiger partial charge in [-0.2, -0.15) is 5.10 Å². The van der Waals surface area contributed by atoms with Gasteiger partial charge in [0.25, 0.3) is 0 Å². The van der Waals surface area contributed by atoms with Gasteiger partial charge >= 0.3 is 0 Å². The topological polar surface area (TPSA) is 34.9 Å². The van der Waals surface area contributed by atoms with Crippen LogP contribution in [0.5, 0.6) is 0 Å². The minimum absolute atomic E-state index is 0.514. The average Bonchev–Trinajstić information content (AvgIpc) is 2.90. The van der Waals surface area contributed by atoms with Crippen LogP contribution in [-0.2, 0) is 7.05 Å². The lowest BCUT2D eigenvalue weighted by molar-refractivity contribution is 0.112. The van der Waals surface area contributed by atoms with Crippen LogP contribution in [0.2, 0.25) is 0 Å². The standard InChI is InChI=1S/C10H12N2O/c1-3-9-8(6-13)10(7-4-5-7)11-12(9)2/h3,6-7H,1,4-5H2,2H3. The highest BCUT2D eigenvalue weighted by molar-refractivity contribution is 5.82. The lowest BCUT2D eigenvalue weighted by Gasteiger charge is -1.92. The average molecular weight is 176 g/mol. The van der Waals surface area contributed by atoms with Gasteiger partial charge in [-0.1, -0.05) is 6.58 Å². The number of aromatic nitrogens is 2. The van der Waals surface area contributed by atoms with E-state index in [9.17, 15) is 4.79 Å². The lowest BCUT2D eigenvalue weighted by atomic mass is 10.1. The largest absolute Gasteiger partial charge is 0.298 e. The van der Waals surface area contributed by atoms with Crippen molar-refractivity contribution in [2.75, 3.05) is 0 Å². The molecule has 2 rings (SSSR count). The predicted molar refractivity (Wildman–Crippen MR) is 50.7 cm³/mol. The molecule has 1 aliphatic carbocycles. The van der Waals surface area contributed by atoms with E-state index in [0.29, 0.717) is 5.92 Å². The molecule has 3 heteroatoms. The van der Waals surface area contributed by atoms with Crippen LogP contribution in [0, 0.1) is 0 Å². The monoisotopic (exact) mass is 176 g/mol. The van der Waals surface area contributed by atoms with Gasteiger partial charge in [-0.05, 0) is 18.9 Å². The number of carbonyl (C=O) groups is 1. The third-order valence-corrected chi connectivity index (χ3v) is 2.43. The Morgan fingerprint density at radius 2 is 2.31 bits per heavy atom. The molecule has 68 valence electrons. The highest BCUT2D eigenvalue weighted by Gasteiger charge is 2.30. The van der Waals surface area contributed by atoms with Crippen LogP contribution in [0.15, 0.2) is 6.58 Å². The molecule has 1 aliphatic rings. The van der Waals surface area contributed by atoms with Gasteiger partial charge in [0, 0.05) is 13.0 Å². The van der Waals surface area contributed by atoms with Gasteiger partial charge < -0.3 is 0 Å². The number of nitrogens with zero attached hydrogens (tertiary/aromatic N) is 2. The minimum atomic E-state index is 0.514. The van der Waals surface area contributed by atoms with Crippen LogP contribution in [0.25, 0.3) is 6.08 Å². The minimum Gasteiger partial charge on any atom is -0.298 e. The van der Waals surface area contributed by atoms with Crippen LogP contribution in [0.4, 0.5) is 0 Å². The molecular formula is C10H12N2O. The normalized spacial score (nSPS) is 15.8. The zero-order valence-electron chi connectivity index (χ0n) is 7.66. The van der Waals surface area contributed by atoms with Crippen molar-refractivity contribution in [2.45, 2.75) is 18.8 Å². The lowest BCUT2D eigenvalue weighted by Crippen LogP contribution is -1.93. The summed E-state index contributed by atoms with van der Waals surface area (Å²) in [6.07, 6.45) is 4.89. The van der Waals surface area contributed by atoms with E-state index >= 15 is 0 Å². The van der Waals surface area contributed by atoms with Crippen molar-refractivity contribution in [3.05, 3.63) is 23.5 Å². The summed E-state index contributed by atoms with van der Waals surface area (Å²) >= 11 is 0. The SMILES string of the molecule is C=Cc1c(C=O)c(C2CC2)nn1C. The number of aldehydes is 1. The van der Waals surface area contributed by atoms with Crippen LogP contribution >= 0.6 is 0 Å². The van der Waals surface area contributed by atoms with E-state index in [1.165, 1.54) is 0 Å². The highest BCUT2D eigenvalue weighted by Crippen LogP contribution is 2.41. The number of rotatable bonds is 3. The summed E-state index contributed by atoms with van der Waals surface area (Å²) < 4.78 is 1.73. The molecule has 1 aromatic rings. The van der Waals surface area contributed by atoms with Crippen molar-refractivity contribution >= 4 is 12.4 Å². The van der Waals surface area contributed by atoms with Gasteiger partial charge in [0.05, 0.1) is 17.0 Å². The third kappa shape index (κ3) is 1.20. The first kappa shape index (κ1) is 8.23. The molecule has 0 atom stereocenters. The summed E-state index contributed by atoms with van der Waals surface area (Å²) in [5, 5.41) is 4.33. The molecule has 0 aliphatic heterocycles. The molecule has 1 fully saturated rings. The van der Waals surface area contributed by atoms with E-state index in [0.717, 1.165) is 36.1 Å². The van der Waals surface area contributed by atoms with Crippen molar-refractivity contribution in [3.63, 3.8) is 0 Å². The molecule has 0 bridgehead atoms. The smallest absolute Gasteiger partial charge is 0.154 e. The molecule has 1 heterocycles. The van der Waals surface area contributed by atoms with Gasteiger partial charge in [0.15, 0.2) is 6.29 Å². The number of carbonyl (C=O) groups excluding carboxylic acids is 1. The van der Waals surface area contributed by atoms with Crippen LogP contribution in [-0.4, -0.2) is 16.1 Å². The maximum atomic E-state index is 10.9. The van der Waals surface area contributed by atoms with Crippen LogP contribution in [0.1, 0.15) is 40.5 Å². The van der Waals surface area contributed by atoms with E-state index < -0.39 is 0 Å². The van der Waals surface area contributed by atoms with Gasteiger partial charge in [-0.25, -0.2) is 0 Å². The summed E-state index contributed by atoms with van der Waals surface area (Å²) in [5.41, 5.74) is 2.50. The summed E-state index contributed by atoms with van der Waals surface area (Å²) in [5.74, 6) is 0.514. The summed E-state index contributed by atoms with van der Waals surface area (Å²) in [6, 6.07) is 0. The zero-order chi connectivity index (χ0) is 9.42. The highest BCUT2D eigenvalue weighted by atomic mass is 16.1. The Morgan fingerprint density at radius 1 is 1.62 bits per heavy atom. The molecule has 0 saturated heterocycles. The molecule has 1 saturated carbocycles. The van der Waals surface area contributed by atoms with Gasteiger partial charge in [0.2, 0.25) is 0 Å². The fourth-order valence-electron chi connectivity index (χ4n) is 1.60.